The standard InChI is InChI=1S/C9H9NS2/c1-10-9-5-7(6-12-9)8-3-2-4-11-8/h2-6,10H,1H3. The lowest BCUT2D eigenvalue weighted by molar-refractivity contribution is 1.60. The van der Waals surface area contributed by atoms with Crippen molar-refractivity contribution in [2.24, 2.45) is 0 Å². The zero-order chi connectivity index (χ0) is 8.39. The van der Waals surface area contributed by atoms with Gasteiger partial charge in [0, 0.05) is 22.9 Å². The Labute approximate surface area is 79.7 Å². The summed E-state index contributed by atoms with van der Waals surface area (Å²) in [6.45, 7) is 0. The van der Waals surface area contributed by atoms with E-state index < -0.39 is 0 Å². The van der Waals surface area contributed by atoms with E-state index in [1.165, 1.54) is 15.4 Å². The van der Waals surface area contributed by atoms with Crippen LogP contribution in [-0.2, 0) is 0 Å². The molecule has 0 aliphatic rings. The summed E-state index contributed by atoms with van der Waals surface area (Å²) in [7, 11) is 1.95. The fraction of sp³-hybridized carbons (Fsp3) is 0.111. The minimum absolute atomic E-state index is 1.22. The van der Waals surface area contributed by atoms with E-state index in [-0.39, 0.29) is 0 Å². The molecule has 0 bridgehead atoms. The number of anilines is 1. The first kappa shape index (κ1) is 7.83. The fourth-order valence-corrected chi connectivity index (χ4v) is 2.59. The van der Waals surface area contributed by atoms with Crippen LogP contribution in [0.5, 0.6) is 0 Å². The summed E-state index contributed by atoms with van der Waals surface area (Å²) in [6, 6.07) is 6.40. The molecule has 2 aromatic heterocycles. The predicted molar refractivity (Wildman–Crippen MR) is 57.2 cm³/mol. The zero-order valence-corrected chi connectivity index (χ0v) is 8.34. The average Bonchev–Trinajstić information content (AvgIpc) is 2.75. The molecule has 62 valence electrons. The molecule has 0 aromatic carbocycles. The Kier molecular flexibility index (Phi) is 2.15. The topological polar surface area (TPSA) is 12.0 Å². The highest BCUT2D eigenvalue weighted by atomic mass is 32.1. The molecule has 0 aliphatic heterocycles. The molecule has 0 saturated carbocycles. The second kappa shape index (κ2) is 3.29. The monoisotopic (exact) mass is 195 g/mol. The SMILES string of the molecule is CNc1cc(-c2cccs2)cs1. The molecule has 0 radical (unpaired) electrons. The van der Waals surface area contributed by atoms with Crippen LogP contribution in [-0.4, -0.2) is 7.05 Å². The van der Waals surface area contributed by atoms with Gasteiger partial charge in [-0.3, -0.25) is 0 Å². The van der Waals surface area contributed by atoms with Crippen molar-refractivity contribution in [2.75, 3.05) is 12.4 Å². The highest BCUT2D eigenvalue weighted by Crippen LogP contribution is 2.31. The highest BCUT2D eigenvalue weighted by molar-refractivity contribution is 7.16. The largest absolute Gasteiger partial charge is 0.380 e. The van der Waals surface area contributed by atoms with E-state index in [9.17, 15) is 0 Å². The first-order valence-corrected chi connectivity index (χ1v) is 5.46. The second-order valence-electron chi connectivity index (χ2n) is 2.43. The quantitative estimate of drug-likeness (QED) is 0.773. The van der Waals surface area contributed by atoms with Crippen LogP contribution in [0.3, 0.4) is 0 Å². The van der Waals surface area contributed by atoms with Gasteiger partial charge in [-0.15, -0.1) is 22.7 Å². The van der Waals surface area contributed by atoms with Crippen LogP contribution in [0, 0.1) is 0 Å². The van der Waals surface area contributed by atoms with Crippen LogP contribution in [0.1, 0.15) is 0 Å². The van der Waals surface area contributed by atoms with Crippen molar-refractivity contribution >= 4 is 27.7 Å². The van der Waals surface area contributed by atoms with E-state index >= 15 is 0 Å². The van der Waals surface area contributed by atoms with Crippen LogP contribution in [0.25, 0.3) is 10.4 Å². The number of nitrogens with one attached hydrogen (secondary N) is 1. The average molecular weight is 195 g/mol. The van der Waals surface area contributed by atoms with E-state index in [1.807, 2.05) is 7.05 Å². The van der Waals surface area contributed by atoms with Crippen molar-refractivity contribution in [3.05, 3.63) is 29.0 Å². The van der Waals surface area contributed by atoms with Gasteiger partial charge in [0.1, 0.15) is 0 Å². The molecule has 2 aromatic rings. The van der Waals surface area contributed by atoms with Gasteiger partial charge in [0.05, 0.1) is 5.00 Å². The van der Waals surface area contributed by atoms with Crippen LogP contribution in [0.15, 0.2) is 29.0 Å². The summed E-state index contributed by atoms with van der Waals surface area (Å²) in [5.74, 6) is 0. The molecule has 0 atom stereocenters. The summed E-state index contributed by atoms with van der Waals surface area (Å²) in [5, 5.41) is 8.63. The van der Waals surface area contributed by atoms with Crippen molar-refractivity contribution in [1.29, 1.82) is 0 Å². The van der Waals surface area contributed by atoms with Crippen LogP contribution >= 0.6 is 22.7 Å². The smallest absolute Gasteiger partial charge is 0.0886 e. The Morgan fingerprint density at radius 2 is 2.25 bits per heavy atom. The lowest BCUT2D eigenvalue weighted by atomic mass is 10.3. The van der Waals surface area contributed by atoms with Gasteiger partial charge in [0.25, 0.3) is 0 Å². The molecule has 3 heteroatoms. The second-order valence-corrected chi connectivity index (χ2v) is 4.29. The molecule has 12 heavy (non-hydrogen) atoms. The van der Waals surface area contributed by atoms with Crippen LogP contribution in [0.2, 0.25) is 0 Å². The number of thiophene rings is 2. The molecule has 2 rings (SSSR count). The summed E-state index contributed by atoms with van der Waals surface area (Å²) < 4.78 is 0. The molecule has 2 heterocycles. The number of hydrogen-bond donors (Lipinski definition) is 1. The van der Waals surface area contributed by atoms with E-state index in [0.29, 0.717) is 0 Å². The third-order valence-corrected chi connectivity index (χ3v) is 3.52. The zero-order valence-electron chi connectivity index (χ0n) is 6.70. The van der Waals surface area contributed by atoms with Gasteiger partial charge in [-0.2, -0.15) is 0 Å². The third kappa shape index (κ3) is 1.38. The minimum atomic E-state index is 1.22. The van der Waals surface area contributed by atoms with Gasteiger partial charge in [0.15, 0.2) is 0 Å². The summed E-state index contributed by atoms with van der Waals surface area (Å²) >= 11 is 3.52. The van der Waals surface area contributed by atoms with E-state index in [0.717, 1.165) is 0 Å². The first-order chi connectivity index (χ1) is 5.90. The molecule has 0 fully saturated rings. The third-order valence-electron chi connectivity index (χ3n) is 1.65. The van der Waals surface area contributed by atoms with Crippen molar-refractivity contribution in [2.45, 2.75) is 0 Å². The lowest BCUT2D eigenvalue weighted by Gasteiger charge is -1.89. The Bertz CT molecular complexity index is 348. The highest BCUT2D eigenvalue weighted by Gasteiger charge is 2.00. The van der Waals surface area contributed by atoms with Gasteiger partial charge >= 0.3 is 0 Å². The summed E-state index contributed by atoms with van der Waals surface area (Å²) in [4.78, 5) is 1.34. The molecule has 0 aliphatic carbocycles. The molecule has 0 unspecified atom stereocenters. The van der Waals surface area contributed by atoms with Gasteiger partial charge < -0.3 is 5.32 Å². The summed E-state index contributed by atoms with van der Waals surface area (Å²) in [5.41, 5.74) is 1.32. The maximum absolute atomic E-state index is 3.13. The molecular weight excluding hydrogens is 186 g/mol. The Balaban J connectivity index is 2.35. The minimum Gasteiger partial charge on any atom is -0.380 e. The maximum Gasteiger partial charge on any atom is 0.0886 e. The van der Waals surface area contributed by atoms with E-state index in [2.05, 4.69) is 34.3 Å². The number of hydrogen-bond acceptors (Lipinski definition) is 3. The van der Waals surface area contributed by atoms with Crippen molar-refractivity contribution in [1.82, 2.24) is 0 Å². The normalized spacial score (nSPS) is 10.1. The molecule has 1 N–H and O–H groups in total. The van der Waals surface area contributed by atoms with Gasteiger partial charge in [-0.25, -0.2) is 0 Å². The Morgan fingerprint density at radius 1 is 1.33 bits per heavy atom. The lowest BCUT2D eigenvalue weighted by Crippen LogP contribution is -1.80. The van der Waals surface area contributed by atoms with Gasteiger partial charge in [-0.1, -0.05) is 6.07 Å². The Morgan fingerprint density at radius 3 is 2.83 bits per heavy atom. The first-order valence-electron chi connectivity index (χ1n) is 3.70. The Hall–Kier alpha value is -0.800. The molecular formula is C9H9NS2. The van der Waals surface area contributed by atoms with Gasteiger partial charge in [0.2, 0.25) is 0 Å². The van der Waals surface area contributed by atoms with Crippen LogP contribution in [0.4, 0.5) is 5.00 Å². The molecule has 0 saturated heterocycles. The number of rotatable bonds is 2. The van der Waals surface area contributed by atoms with E-state index in [1.54, 1.807) is 22.7 Å². The van der Waals surface area contributed by atoms with Gasteiger partial charge in [-0.05, 0) is 17.5 Å². The predicted octanol–water partition coefficient (Wildman–Crippen LogP) is 3.52. The summed E-state index contributed by atoms with van der Waals surface area (Å²) in [6.07, 6.45) is 0. The van der Waals surface area contributed by atoms with Crippen molar-refractivity contribution in [3.63, 3.8) is 0 Å². The maximum atomic E-state index is 3.13. The van der Waals surface area contributed by atoms with Crippen LogP contribution < -0.4 is 5.32 Å². The van der Waals surface area contributed by atoms with Crippen molar-refractivity contribution < 1.29 is 0 Å². The molecule has 0 amide bonds. The van der Waals surface area contributed by atoms with E-state index in [4.69, 9.17) is 0 Å². The fourth-order valence-electron chi connectivity index (χ4n) is 1.04. The molecule has 0 spiro atoms. The van der Waals surface area contributed by atoms with Crippen molar-refractivity contribution in [3.8, 4) is 10.4 Å². The molecule has 1 nitrogen and oxygen atoms in total.